The monoisotopic (exact) mass is 258 g/mol. The lowest BCUT2D eigenvalue weighted by Crippen LogP contribution is -2.47. The first-order chi connectivity index (χ1) is 8.09. The predicted octanol–water partition coefficient (Wildman–Crippen LogP) is 1.74. The maximum absolute atomic E-state index is 13.1. The van der Waals surface area contributed by atoms with Gasteiger partial charge in [0.05, 0.1) is 31.0 Å². The maximum atomic E-state index is 13.1. The number of amides is 1. The Morgan fingerprint density at radius 3 is 3.18 bits per heavy atom. The molecule has 1 atom stereocenters. The summed E-state index contributed by atoms with van der Waals surface area (Å²) in [5.74, 6) is -0.878. The number of ether oxygens (including phenoxy) is 1. The molecule has 0 N–H and O–H groups in total. The summed E-state index contributed by atoms with van der Waals surface area (Å²) in [6.07, 6.45) is 0.988. The van der Waals surface area contributed by atoms with Crippen molar-refractivity contribution in [2.24, 2.45) is 0 Å². The van der Waals surface area contributed by atoms with Crippen molar-refractivity contribution >= 4 is 17.5 Å². The molecular weight excluding hydrogens is 247 g/mol. The fourth-order valence-electron chi connectivity index (χ4n) is 1.76. The SMILES string of the molecule is C[C@@H]1COCCN1C(=O)c1cc(F)cnc1Cl. The van der Waals surface area contributed by atoms with E-state index in [-0.39, 0.29) is 22.7 Å². The van der Waals surface area contributed by atoms with Gasteiger partial charge in [-0.05, 0) is 13.0 Å². The summed E-state index contributed by atoms with van der Waals surface area (Å²) in [5, 5.41) is 0.0232. The third-order valence-electron chi connectivity index (χ3n) is 2.66. The lowest BCUT2D eigenvalue weighted by atomic mass is 10.2. The Morgan fingerprint density at radius 1 is 1.71 bits per heavy atom. The Kier molecular flexibility index (Phi) is 3.59. The van der Waals surface area contributed by atoms with E-state index in [1.165, 1.54) is 0 Å². The molecule has 1 aromatic rings. The maximum Gasteiger partial charge on any atom is 0.257 e. The van der Waals surface area contributed by atoms with Gasteiger partial charge in [-0.15, -0.1) is 0 Å². The van der Waals surface area contributed by atoms with Crippen molar-refractivity contribution in [2.45, 2.75) is 13.0 Å². The summed E-state index contributed by atoms with van der Waals surface area (Å²) in [4.78, 5) is 17.4. The van der Waals surface area contributed by atoms with Crippen LogP contribution in [0.5, 0.6) is 0 Å². The fraction of sp³-hybridized carbons (Fsp3) is 0.455. The smallest absolute Gasteiger partial charge is 0.257 e. The van der Waals surface area contributed by atoms with Crippen LogP contribution in [0.3, 0.4) is 0 Å². The molecule has 0 bridgehead atoms. The van der Waals surface area contributed by atoms with Crippen LogP contribution in [-0.4, -0.2) is 41.6 Å². The second-order valence-corrected chi connectivity index (χ2v) is 4.27. The van der Waals surface area contributed by atoms with E-state index in [2.05, 4.69) is 4.98 Å². The summed E-state index contributed by atoms with van der Waals surface area (Å²) >= 11 is 5.80. The summed E-state index contributed by atoms with van der Waals surface area (Å²) in [7, 11) is 0. The van der Waals surface area contributed by atoms with Gasteiger partial charge in [-0.1, -0.05) is 11.6 Å². The summed E-state index contributed by atoms with van der Waals surface area (Å²) < 4.78 is 18.3. The van der Waals surface area contributed by atoms with Crippen molar-refractivity contribution in [1.82, 2.24) is 9.88 Å². The van der Waals surface area contributed by atoms with Crippen molar-refractivity contribution in [2.75, 3.05) is 19.8 Å². The second kappa shape index (κ2) is 4.98. The zero-order valence-electron chi connectivity index (χ0n) is 9.32. The molecule has 1 aliphatic rings. The van der Waals surface area contributed by atoms with Crippen molar-refractivity contribution in [1.29, 1.82) is 0 Å². The number of aromatic nitrogens is 1. The van der Waals surface area contributed by atoms with E-state index in [0.29, 0.717) is 19.8 Å². The molecule has 1 saturated heterocycles. The Morgan fingerprint density at radius 2 is 2.47 bits per heavy atom. The minimum absolute atomic E-state index is 0.0232. The molecule has 1 aliphatic heterocycles. The van der Waals surface area contributed by atoms with E-state index in [0.717, 1.165) is 12.3 Å². The predicted molar refractivity (Wildman–Crippen MR) is 60.5 cm³/mol. The Bertz CT molecular complexity index is 441. The van der Waals surface area contributed by atoms with Gasteiger partial charge in [0, 0.05) is 6.54 Å². The number of morpholine rings is 1. The van der Waals surface area contributed by atoms with Crippen molar-refractivity contribution < 1.29 is 13.9 Å². The molecule has 0 saturated carbocycles. The van der Waals surface area contributed by atoms with Gasteiger partial charge in [0.2, 0.25) is 0 Å². The molecule has 17 heavy (non-hydrogen) atoms. The first-order valence-corrected chi connectivity index (χ1v) is 5.67. The summed E-state index contributed by atoms with van der Waals surface area (Å²) in [6, 6.07) is 1.07. The third-order valence-corrected chi connectivity index (χ3v) is 2.97. The van der Waals surface area contributed by atoms with E-state index in [9.17, 15) is 9.18 Å². The highest BCUT2D eigenvalue weighted by Gasteiger charge is 2.26. The van der Waals surface area contributed by atoms with Gasteiger partial charge in [-0.25, -0.2) is 9.37 Å². The van der Waals surface area contributed by atoms with Gasteiger partial charge in [0.1, 0.15) is 11.0 Å². The number of hydrogen-bond acceptors (Lipinski definition) is 3. The number of carbonyl (C=O) groups excluding carboxylic acids is 1. The topological polar surface area (TPSA) is 42.4 Å². The number of carbonyl (C=O) groups is 1. The van der Waals surface area contributed by atoms with Crippen LogP contribution in [-0.2, 0) is 4.74 Å². The van der Waals surface area contributed by atoms with Gasteiger partial charge < -0.3 is 9.64 Å². The van der Waals surface area contributed by atoms with E-state index in [4.69, 9.17) is 16.3 Å². The number of pyridine rings is 1. The highest BCUT2D eigenvalue weighted by atomic mass is 35.5. The highest BCUT2D eigenvalue weighted by molar-refractivity contribution is 6.32. The highest BCUT2D eigenvalue weighted by Crippen LogP contribution is 2.18. The van der Waals surface area contributed by atoms with Crippen LogP contribution in [0.2, 0.25) is 5.15 Å². The first-order valence-electron chi connectivity index (χ1n) is 5.29. The quantitative estimate of drug-likeness (QED) is 0.721. The summed E-state index contributed by atoms with van der Waals surface area (Å²) in [5.41, 5.74) is 0.0976. The minimum atomic E-state index is -0.571. The van der Waals surface area contributed by atoms with Gasteiger partial charge in [-0.3, -0.25) is 4.79 Å². The average molecular weight is 259 g/mol. The Hall–Kier alpha value is -1.20. The lowest BCUT2D eigenvalue weighted by Gasteiger charge is -2.33. The Balaban J connectivity index is 2.26. The molecule has 4 nitrogen and oxygen atoms in total. The average Bonchev–Trinajstić information content (AvgIpc) is 2.32. The van der Waals surface area contributed by atoms with Crippen LogP contribution in [0.15, 0.2) is 12.3 Å². The first kappa shape index (κ1) is 12.3. The van der Waals surface area contributed by atoms with Crippen molar-refractivity contribution in [3.8, 4) is 0 Å². The molecule has 0 aliphatic carbocycles. The molecule has 1 aromatic heterocycles. The molecule has 92 valence electrons. The van der Waals surface area contributed by atoms with Crippen LogP contribution < -0.4 is 0 Å². The molecule has 0 unspecified atom stereocenters. The largest absolute Gasteiger partial charge is 0.377 e. The minimum Gasteiger partial charge on any atom is -0.377 e. The molecule has 1 amide bonds. The normalized spacial score (nSPS) is 20.4. The van der Waals surface area contributed by atoms with E-state index in [1.54, 1.807) is 4.90 Å². The van der Waals surface area contributed by atoms with E-state index >= 15 is 0 Å². The zero-order valence-corrected chi connectivity index (χ0v) is 10.1. The number of hydrogen-bond donors (Lipinski definition) is 0. The van der Waals surface area contributed by atoms with Crippen LogP contribution in [0.1, 0.15) is 17.3 Å². The van der Waals surface area contributed by atoms with Gasteiger partial charge in [-0.2, -0.15) is 0 Å². The molecule has 1 fully saturated rings. The fourth-order valence-corrected chi connectivity index (χ4v) is 1.94. The molecule has 0 radical (unpaired) electrons. The number of rotatable bonds is 1. The molecule has 0 spiro atoms. The number of halogens is 2. The van der Waals surface area contributed by atoms with E-state index < -0.39 is 5.82 Å². The van der Waals surface area contributed by atoms with Crippen molar-refractivity contribution in [3.63, 3.8) is 0 Å². The number of nitrogens with zero attached hydrogens (tertiary/aromatic N) is 2. The van der Waals surface area contributed by atoms with Crippen LogP contribution >= 0.6 is 11.6 Å². The third kappa shape index (κ3) is 2.56. The van der Waals surface area contributed by atoms with Gasteiger partial charge in [0.15, 0.2) is 0 Å². The van der Waals surface area contributed by atoms with Crippen LogP contribution in [0.4, 0.5) is 4.39 Å². The molecule has 2 heterocycles. The molecular formula is C11H12ClFN2O2. The molecule has 0 aromatic carbocycles. The zero-order chi connectivity index (χ0) is 12.4. The van der Waals surface area contributed by atoms with Gasteiger partial charge >= 0.3 is 0 Å². The molecule has 6 heteroatoms. The van der Waals surface area contributed by atoms with Crippen LogP contribution in [0.25, 0.3) is 0 Å². The van der Waals surface area contributed by atoms with E-state index in [1.807, 2.05) is 6.92 Å². The van der Waals surface area contributed by atoms with Crippen molar-refractivity contribution in [3.05, 3.63) is 28.8 Å². The van der Waals surface area contributed by atoms with Gasteiger partial charge in [0.25, 0.3) is 5.91 Å². The standard InChI is InChI=1S/C11H12ClFN2O2/c1-7-6-17-3-2-15(7)11(16)9-4-8(13)5-14-10(9)12/h4-5,7H,2-3,6H2,1H3/t7-/m1/s1. The Labute approximate surface area is 103 Å². The lowest BCUT2D eigenvalue weighted by molar-refractivity contribution is 0.00356. The summed E-state index contributed by atoms with van der Waals surface area (Å²) in [6.45, 7) is 3.31. The molecule has 2 rings (SSSR count). The second-order valence-electron chi connectivity index (χ2n) is 3.91. The van der Waals surface area contributed by atoms with Crippen LogP contribution in [0, 0.1) is 5.82 Å².